The summed E-state index contributed by atoms with van der Waals surface area (Å²) in [6, 6.07) is 10.1. The molecule has 0 unspecified atom stereocenters. The molecule has 0 atom stereocenters. The van der Waals surface area contributed by atoms with Gasteiger partial charge >= 0.3 is 0 Å². The van der Waals surface area contributed by atoms with Crippen LogP contribution in [0.15, 0.2) is 42.6 Å². The summed E-state index contributed by atoms with van der Waals surface area (Å²) in [6.45, 7) is 0.420. The lowest BCUT2D eigenvalue weighted by molar-refractivity contribution is 0.0950. The van der Waals surface area contributed by atoms with Crippen LogP contribution in [0.5, 0.6) is 11.5 Å². The Labute approximate surface area is 159 Å². The summed E-state index contributed by atoms with van der Waals surface area (Å²) < 4.78 is 35.6. The van der Waals surface area contributed by atoms with E-state index in [1.54, 1.807) is 42.6 Å². The van der Waals surface area contributed by atoms with E-state index in [0.29, 0.717) is 22.8 Å². The van der Waals surface area contributed by atoms with Crippen molar-refractivity contribution in [3.63, 3.8) is 0 Å². The smallest absolute Gasteiger partial charge is 0.251 e. The quantitative estimate of drug-likeness (QED) is 0.689. The first-order valence-electron chi connectivity index (χ1n) is 8.20. The Morgan fingerprint density at radius 1 is 1.15 bits per heavy atom. The average molecular weight is 393 g/mol. The van der Waals surface area contributed by atoms with Crippen molar-refractivity contribution in [1.29, 1.82) is 0 Å². The predicted octanol–water partition coefficient (Wildman–Crippen LogP) is 1.29. The van der Waals surface area contributed by atoms with Crippen LogP contribution in [0.2, 0.25) is 0 Å². The van der Waals surface area contributed by atoms with Gasteiger partial charge in [0.1, 0.15) is 11.5 Å². The molecule has 2 aromatic rings. The van der Waals surface area contributed by atoms with Crippen LogP contribution >= 0.6 is 0 Å². The minimum absolute atomic E-state index is 0.127. The zero-order valence-electron chi connectivity index (χ0n) is 15.5. The maximum absolute atomic E-state index is 12.4. The number of hydrogen-bond acceptors (Lipinski definition) is 6. The van der Waals surface area contributed by atoms with Crippen molar-refractivity contribution >= 4 is 15.9 Å². The zero-order valence-corrected chi connectivity index (χ0v) is 16.3. The molecule has 27 heavy (non-hydrogen) atoms. The van der Waals surface area contributed by atoms with Crippen molar-refractivity contribution in [2.75, 3.05) is 33.6 Å². The number of rotatable bonds is 9. The molecule has 2 rings (SSSR count). The first-order valence-corrected chi connectivity index (χ1v) is 10.0. The molecule has 0 aliphatic carbocycles. The molecular formula is C18H23N3O5S. The van der Waals surface area contributed by atoms with E-state index in [9.17, 15) is 13.2 Å². The highest BCUT2D eigenvalue weighted by molar-refractivity contribution is 7.88. The zero-order chi connectivity index (χ0) is 19.9. The standard InChI is InChI=1S/C18H23N3O5S/c1-25-16-10-14(11-17(12-16)26-2)18(22)20-8-9-21(27(3,23)24)13-15-6-4-5-7-19-15/h4-7,10-12H,8-9,13H2,1-3H3,(H,20,22). The topological polar surface area (TPSA) is 97.8 Å². The van der Waals surface area contributed by atoms with Crippen molar-refractivity contribution in [3.05, 3.63) is 53.9 Å². The summed E-state index contributed by atoms with van der Waals surface area (Å²) in [4.78, 5) is 16.5. The second kappa shape index (κ2) is 9.33. The van der Waals surface area contributed by atoms with Crippen LogP contribution < -0.4 is 14.8 Å². The summed E-state index contributed by atoms with van der Waals surface area (Å²) in [5.74, 6) is 0.637. The Morgan fingerprint density at radius 2 is 1.81 bits per heavy atom. The highest BCUT2D eigenvalue weighted by Gasteiger charge is 2.18. The van der Waals surface area contributed by atoms with Gasteiger partial charge in [-0.25, -0.2) is 8.42 Å². The number of benzene rings is 1. The number of hydrogen-bond donors (Lipinski definition) is 1. The van der Waals surface area contributed by atoms with Crippen LogP contribution in [0, 0.1) is 0 Å². The predicted molar refractivity (Wildman–Crippen MR) is 101 cm³/mol. The van der Waals surface area contributed by atoms with Gasteiger partial charge in [-0.05, 0) is 24.3 Å². The second-order valence-corrected chi connectivity index (χ2v) is 7.76. The van der Waals surface area contributed by atoms with Gasteiger partial charge < -0.3 is 14.8 Å². The van der Waals surface area contributed by atoms with Crippen molar-refractivity contribution in [1.82, 2.24) is 14.6 Å². The van der Waals surface area contributed by atoms with Gasteiger partial charge in [-0.3, -0.25) is 9.78 Å². The Bertz CT molecular complexity index is 850. The number of nitrogens with zero attached hydrogens (tertiary/aromatic N) is 2. The molecule has 0 radical (unpaired) electrons. The Kier molecular flexibility index (Phi) is 7.14. The first-order chi connectivity index (χ1) is 12.8. The lowest BCUT2D eigenvalue weighted by atomic mass is 10.2. The van der Waals surface area contributed by atoms with Gasteiger partial charge in [0.2, 0.25) is 10.0 Å². The number of sulfonamides is 1. The van der Waals surface area contributed by atoms with E-state index in [-0.39, 0.29) is 25.5 Å². The van der Waals surface area contributed by atoms with Crippen LogP contribution in [-0.2, 0) is 16.6 Å². The van der Waals surface area contributed by atoms with E-state index in [4.69, 9.17) is 9.47 Å². The van der Waals surface area contributed by atoms with Crippen LogP contribution in [-0.4, -0.2) is 57.2 Å². The molecule has 0 fully saturated rings. The molecule has 0 saturated heterocycles. The molecule has 1 N–H and O–H groups in total. The lowest BCUT2D eigenvalue weighted by Crippen LogP contribution is -2.37. The van der Waals surface area contributed by atoms with Crippen molar-refractivity contribution in [2.45, 2.75) is 6.54 Å². The molecule has 0 bridgehead atoms. The van der Waals surface area contributed by atoms with E-state index < -0.39 is 10.0 Å². The van der Waals surface area contributed by atoms with Gasteiger partial charge in [-0.15, -0.1) is 0 Å². The molecule has 0 aliphatic heterocycles. The van der Waals surface area contributed by atoms with Gasteiger partial charge in [0.15, 0.2) is 0 Å². The lowest BCUT2D eigenvalue weighted by Gasteiger charge is -2.19. The molecule has 1 aromatic carbocycles. The van der Waals surface area contributed by atoms with Crippen molar-refractivity contribution in [2.24, 2.45) is 0 Å². The third-order valence-electron chi connectivity index (χ3n) is 3.79. The van der Waals surface area contributed by atoms with Gasteiger partial charge in [-0.1, -0.05) is 6.07 Å². The normalized spacial score (nSPS) is 11.3. The highest BCUT2D eigenvalue weighted by atomic mass is 32.2. The fraction of sp³-hybridized carbons (Fsp3) is 0.333. The molecule has 0 spiro atoms. The Morgan fingerprint density at radius 3 is 2.33 bits per heavy atom. The van der Waals surface area contributed by atoms with Crippen LogP contribution in [0.25, 0.3) is 0 Å². The molecule has 1 heterocycles. The second-order valence-electron chi connectivity index (χ2n) is 5.77. The van der Waals surface area contributed by atoms with Crippen LogP contribution in [0.3, 0.4) is 0 Å². The summed E-state index contributed by atoms with van der Waals surface area (Å²) in [7, 11) is -0.449. The number of amides is 1. The number of nitrogens with one attached hydrogen (secondary N) is 1. The fourth-order valence-corrected chi connectivity index (χ4v) is 3.16. The largest absolute Gasteiger partial charge is 0.497 e. The fourth-order valence-electron chi connectivity index (χ4n) is 2.37. The first kappa shape index (κ1) is 20.7. The molecule has 146 valence electrons. The molecule has 9 heteroatoms. The molecule has 1 aromatic heterocycles. The van der Waals surface area contributed by atoms with Gasteiger partial charge in [0.25, 0.3) is 5.91 Å². The average Bonchev–Trinajstić information content (AvgIpc) is 2.66. The number of aromatic nitrogens is 1. The third kappa shape index (κ3) is 6.22. The molecule has 0 aliphatic rings. The molecular weight excluding hydrogens is 370 g/mol. The van der Waals surface area contributed by atoms with Crippen molar-refractivity contribution < 1.29 is 22.7 Å². The molecule has 8 nitrogen and oxygen atoms in total. The Balaban J connectivity index is 2.01. The maximum Gasteiger partial charge on any atom is 0.251 e. The number of carbonyl (C=O) groups is 1. The SMILES string of the molecule is COc1cc(OC)cc(C(=O)NCCN(Cc2ccccn2)S(C)(=O)=O)c1. The summed E-state index contributed by atoms with van der Waals surface area (Å²) in [5.41, 5.74) is 0.994. The maximum atomic E-state index is 12.4. The molecule has 0 saturated carbocycles. The van der Waals surface area contributed by atoms with Crippen LogP contribution in [0.4, 0.5) is 0 Å². The van der Waals surface area contributed by atoms with Crippen molar-refractivity contribution in [3.8, 4) is 11.5 Å². The summed E-state index contributed by atoms with van der Waals surface area (Å²) in [6.07, 6.45) is 2.73. The number of pyridine rings is 1. The summed E-state index contributed by atoms with van der Waals surface area (Å²) in [5, 5.41) is 2.71. The Hall–Kier alpha value is -2.65. The number of ether oxygens (including phenoxy) is 2. The number of methoxy groups -OCH3 is 2. The number of carbonyl (C=O) groups excluding carboxylic acids is 1. The van der Waals surface area contributed by atoms with E-state index >= 15 is 0 Å². The minimum atomic E-state index is -3.44. The summed E-state index contributed by atoms with van der Waals surface area (Å²) >= 11 is 0. The van der Waals surface area contributed by atoms with Gasteiger partial charge in [-0.2, -0.15) is 4.31 Å². The van der Waals surface area contributed by atoms with Crippen LogP contribution in [0.1, 0.15) is 16.1 Å². The highest BCUT2D eigenvalue weighted by Crippen LogP contribution is 2.22. The monoisotopic (exact) mass is 393 g/mol. The molecule has 1 amide bonds. The van der Waals surface area contributed by atoms with E-state index in [1.165, 1.54) is 18.5 Å². The van der Waals surface area contributed by atoms with Gasteiger partial charge in [0, 0.05) is 30.9 Å². The van der Waals surface area contributed by atoms with E-state index in [1.807, 2.05) is 0 Å². The van der Waals surface area contributed by atoms with E-state index in [0.717, 1.165) is 6.26 Å². The minimum Gasteiger partial charge on any atom is -0.497 e. The van der Waals surface area contributed by atoms with E-state index in [2.05, 4.69) is 10.3 Å². The van der Waals surface area contributed by atoms with Gasteiger partial charge in [0.05, 0.1) is 32.7 Å². The third-order valence-corrected chi connectivity index (χ3v) is 5.04.